The Bertz CT molecular complexity index is 670. The first-order valence-corrected chi connectivity index (χ1v) is 6.95. The summed E-state index contributed by atoms with van der Waals surface area (Å²) in [6.07, 6.45) is 3.74. The molecular weight excluding hydrogens is 266 g/mol. The number of amides is 1. The van der Waals surface area contributed by atoms with Crippen molar-refractivity contribution in [1.82, 2.24) is 4.98 Å². The van der Waals surface area contributed by atoms with Crippen molar-refractivity contribution in [3.8, 4) is 5.88 Å². The quantitative estimate of drug-likeness (QED) is 0.909. The average Bonchev–Trinajstić information content (AvgIpc) is 2.54. The number of ether oxygens (including phenoxy) is 1. The van der Waals surface area contributed by atoms with Gasteiger partial charge in [0.05, 0.1) is 7.11 Å². The third-order valence-electron chi connectivity index (χ3n) is 3.51. The molecule has 2 heterocycles. The molecule has 108 valence electrons. The lowest BCUT2D eigenvalue weighted by Crippen LogP contribution is -2.15. The number of benzene rings is 1. The molecule has 5 heteroatoms. The molecular formula is C16H17N3O2. The Morgan fingerprint density at radius 1 is 1.38 bits per heavy atom. The molecule has 1 amide bonds. The highest BCUT2D eigenvalue weighted by molar-refractivity contribution is 6.05. The third-order valence-corrected chi connectivity index (χ3v) is 3.51. The first-order valence-electron chi connectivity index (χ1n) is 6.95. The highest BCUT2D eigenvalue weighted by Crippen LogP contribution is 2.25. The zero-order valence-corrected chi connectivity index (χ0v) is 11.8. The molecule has 0 fully saturated rings. The Morgan fingerprint density at radius 2 is 2.29 bits per heavy atom. The van der Waals surface area contributed by atoms with Crippen LogP contribution in [-0.2, 0) is 6.42 Å². The van der Waals surface area contributed by atoms with Gasteiger partial charge >= 0.3 is 0 Å². The summed E-state index contributed by atoms with van der Waals surface area (Å²) >= 11 is 0. The molecule has 0 unspecified atom stereocenters. The Morgan fingerprint density at radius 3 is 3.14 bits per heavy atom. The van der Waals surface area contributed by atoms with Gasteiger partial charge in [-0.15, -0.1) is 0 Å². The van der Waals surface area contributed by atoms with E-state index in [1.807, 2.05) is 18.2 Å². The molecule has 1 aliphatic rings. The molecule has 5 nitrogen and oxygen atoms in total. The second-order valence-corrected chi connectivity index (χ2v) is 4.92. The molecule has 2 aromatic rings. The van der Waals surface area contributed by atoms with Gasteiger partial charge in [-0.3, -0.25) is 4.79 Å². The average molecular weight is 283 g/mol. The summed E-state index contributed by atoms with van der Waals surface area (Å²) in [5.41, 5.74) is 3.60. The largest absolute Gasteiger partial charge is 0.480 e. The van der Waals surface area contributed by atoms with Crippen LogP contribution >= 0.6 is 0 Å². The van der Waals surface area contributed by atoms with Gasteiger partial charge in [-0.1, -0.05) is 0 Å². The molecule has 0 atom stereocenters. The van der Waals surface area contributed by atoms with Crippen molar-refractivity contribution in [2.45, 2.75) is 12.8 Å². The molecule has 0 saturated heterocycles. The number of hydrogen-bond donors (Lipinski definition) is 2. The van der Waals surface area contributed by atoms with Crippen molar-refractivity contribution < 1.29 is 9.53 Å². The van der Waals surface area contributed by atoms with Crippen molar-refractivity contribution in [2.24, 2.45) is 0 Å². The Kier molecular flexibility index (Phi) is 3.73. The van der Waals surface area contributed by atoms with Crippen LogP contribution < -0.4 is 15.4 Å². The van der Waals surface area contributed by atoms with E-state index in [-0.39, 0.29) is 5.91 Å². The van der Waals surface area contributed by atoms with Gasteiger partial charge in [-0.2, -0.15) is 0 Å². The van der Waals surface area contributed by atoms with Gasteiger partial charge in [0.25, 0.3) is 5.91 Å². The summed E-state index contributed by atoms with van der Waals surface area (Å²) in [5.74, 6) is 0.110. The van der Waals surface area contributed by atoms with Crippen LogP contribution in [0, 0.1) is 0 Å². The van der Waals surface area contributed by atoms with Gasteiger partial charge in [0.2, 0.25) is 5.88 Å². The van der Waals surface area contributed by atoms with E-state index in [1.165, 1.54) is 12.7 Å². The van der Waals surface area contributed by atoms with E-state index in [4.69, 9.17) is 4.74 Å². The summed E-state index contributed by atoms with van der Waals surface area (Å²) in [4.78, 5) is 16.4. The summed E-state index contributed by atoms with van der Waals surface area (Å²) in [6.45, 7) is 1.01. The minimum atomic E-state index is -0.219. The topological polar surface area (TPSA) is 63.2 Å². The number of hydrogen-bond acceptors (Lipinski definition) is 4. The monoisotopic (exact) mass is 283 g/mol. The van der Waals surface area contributed by atoms with Gasteiger partial charge in [0.15, 0.2) is 0 Å². The number of nitrogens with zero attached hydrogens (tertiary/aromatic N) is 1. The molecule has 0 spiro atoms. The molecule has 21 heavy (non-hydrogen) atoms. The van der Waals surface area contributed by atoms with Crippen LogP contribution in [0.3, 0.4) is 0 Å². The molecule has 1 aromatic heterocycles. The molecule has 0 bridgehead atoms. The van der Waals surface area contributed by atoms with Crippen LogP contribution in [0.1, 0.15) is 22.3 Å². The first kappa shape index (κ1) is 13.4. The van der Waals surface area contributed by atoms with Gasteiger partial charge in [-0.25, -0.2) is 4.98 Å². The number of rotatable bonds is 3. The summed E-state index contributed by atoms with van der Waals surface area (Å²) < 4.78 is 5.11. The predicted octanol–water partition coefficient (Wildman–Crippen LogP) is 2.70. The summed E-state index contributed by atoms with van der Waals surface area (Å²) in [6, 6.07) is 9.33. The lowest BCUT2D eigenvalue weighted by atomic mass is 10.0. The molecule has 0 radical (unpaired) electrons. The van der Waals surface area contributed by atoms with Gasteiger partial charge in [0, 0.05) is 24.1 Å². The zero-order valence-electron chi connectivity index (χ0n) is 11.8. The fraction of sp³-hybridized carbons (Fsp3) is 0.250. The van der Waals surface area contributed by atoms with Gasteiger partial charge < -0.3 is 15.4 Å². The number of nitrogens with one attached hydrogen (secondary N) is 2. The van der Waals surface area contributed by atoms with E-state index >= 15 is 0 Å². The van der Waals surface area contributed by atoms with E-state index < -0.39 is 0 Å². The number of carbonyl (C=O) groups excluding carboxylic acids is 1. The predicted molar refractivity (Wildman–Crippen MR) is 82.0 cm³/mol. The molecule has 2 N–H and O–H groups in total. The van der Waals surface area contributed by atoms with Gasteiger partial charge in [-0.05, 0) is 48.7 Å². The number of aromatic nitrogens is 1. The van der Waals surface area contributed by atoms with Crippen LogP contribution in [0.5, 0.6) is 5.88 Å². The van der Waals surface area contributed by atoms with Crippen LogP contribution in [0.25, 0.3) is 0 Å². The Balaban J connectivity index is 1.81. The lowest BCUT2D eigenvalue weighted by molar-refractivity contribution is 0.102. The number of fused-ring (bicyclic) bond motifs is 1. The van der Waals surface area contributed by atoms with Crippen molar-refractivity contribution in [2.75, 3.05) is 24.3 Å². The van der Waals surface area contributed by atoms with Crippen molar-refractivity contribution in [1.29, 1.82) is 0 Å². The first-order chi connectivity index (χ1) is 10.3. The number of carbonyl (C=O) groups is 1. The number of pyridine rings is 1. The molecule has 0 saturated carbocycles. The minimum Gasteiger partial charge on any atom is -0.480 e. The standard InChI is InChI=1S/C16H17N3O2/c1-21-16-13(5-3-9-18-16)15(20)19-12-6-7-14-11(10-12)4-2-8-17-14/h3,5-7,9-10,17H,2,4,8H2,1H3,(H,19,20). The minimum absolute atomic E-state index is 0.219. The normalized spacial score (nSPS) is 13.0. The number of methoxy groups -OCH3 is 1. The van der Waals surface area contributed by atoms with E-state index in [0.717, 1.165) is 30.8 Å². The van der Waals surface area contributed by atoms with Crippen molar-refractivity contribution in [3.63, 3.8) is 0 Å². The van der Waals surface area contributed by atoms with Crippen molar-refractivity contribution >= 4 is 17.3 Å². The van der Waals surface area contributed by atoms with Crippen LogP contribution in [-0.4, -0.2) is 24.5 Å². The third kappa shape index (κ3) is 2.81. The second kappa shape index (κ2) is 5.83. The molecule has 1 aromatic carbocycles. The van der Waals surface area contributed by atoms with Crippen LogP contribution in [0.15, 0.2) is 36.5 Å². The maximum absolute atomic E-state index is 12.3. The Labute approximate surface area is 123 Å². The summed E-state index contributed by atoms with van der Waals surface area (Å²) in [5, 5.41) is 6.25. The fourth-order valence-electron chi connectivity index (χ4n) is 2.48. The van der Waals surface area contributed by atoms with Crippen LogP contribution in [0.2, 0.25) is 0 Å². The number of aryl methyl sites for hydroxylation is 1. The maximum Gasteiger partial charge on any atom is 0.261 e. The zero-order chi connectivity index (χ0) is 14.7. The fourth-order valence-corrected chi connectivity index (χ4v) is 2.48. The van der Waals surface area contributed by atoms with E-state index in [1.54, 1.807) is 18.3 Å². The summed E-state index contributed by atoms with van der Waals surface area (Å²) in [7, 11) is 1.50. The van der Waals surface area contributed by atoms with E-state index in [0.29, 0.717) is 11.4 Å². The van der Waals surface area contributed by atoms with E-state index in [9.17, 15) is 4.79 Å². The molecule has 1 aliphatic heterocycles. The highest BCUT2D eigenvalue weighted by atomic mass is 16.5. The number of anilines is 2. The van der Waals surface area contributed by atoms with Crippen LogP contribution in [0.4, 0.5) is 11.4 Å². The Hall–Kier alpha value is -2.56. The SMILES string of the molecule is COc1ncccc1C(=O)Nc1ccc2c(c1)CCCN2. The molecule has 3 rings (SSSR count). The van der Waals surface area contributed by atoms with Crippen molar-refractivity contribution in [3.05, 3.63) is 47.7 Å². The van der Waals surface area contributed by atoms with Gasteiger partial charge in [0.1, 0.15) is 5.56 Å². The highest BCUT2D eigenvalue weighted by Gasteiger charge is 2.14. The lowest BCUT2D eigenvalue weighted by Gasteiger charge is -2.19. The molecule has 0 aliphatic carbocycles. The second-order valence-electron chi connectivity index (χ2n) is 4.92. The smallest absolute Gasteiger partial charge is 0.261 e. The van der Waals surface area contributed by atoms with E-state index in [2.05, 4.69) is 15.6 Å². The maximum atomic E-state index is 12.3.